The number of aromatic nitrogens is 4. The van der Waals surface area contributed by atoms with Crippen LogP contribution in [-0.2, 0) is 6.54 Å². The van der Waals surface area contributed by atoms with Gasteiger partial charge in [-0.1, -0.05) is 17.4 Å². The quantitative estimate of drug-likeness (QED) is 0.543. The molecule has 0 unspecified atom stereocenters. The number of nitrogens with one attached hydrogen (secondary N) is 1. The van der Waals surface area contributed by atoms with Gasteiger partial charge in [0.25, 0.3) is 0 Å². The average molecular weight is 388 g/mol. The second kappa shape index (κ2) is 7.61. The van der Waals surface area contributed by atoms with E-state index in [0.29, 0.717) is 0 Å². The molecular formula is C21H20N6S. The van der Waals surface area contributed by atoms with Crippen LogP contribution in [0.2, 0.25) is 0 Å². The van der Waals surface area contributed by atoms with E-state index in [0.717, 1.165) is 38.8 Å². The molecule has 1 N–H and O–H groups in total. The van der Waals surface area contributed by atoms with Crippen molar-refractivity contribution in [3.8, 4) is 11.1 Å². The summed E-state index contributed by atoms with van der Waals surface area (Å²) >= 11 is 1.63. The molecule has 0 radical (unpaired) electrons. The Hall–Kier alpha value is -2.90. The molecule has 5 rings (SSSR count). The number of thiazole rings is 1. The molecule has 0 atom stereocenters. The van der Waals surface area contributed by atoms with Crippen LogP contribution in [0.5, 0.6) is 0 Å². The first kappa shape index (κ1) is 17.2. The number of anilines is 2. The van der Waals surface area contributed by atoms with E-state index in [4.69, 9.17) is 4.98 Å². The second-order valence-electron chi connectivity index (χ2n) is 6.99. The molecule has 140 valence electrons. The van der Waals surface area contributed by atoms with Crippen molar-refractivity contribution in [2.45, 2.75) is 19.4 Å². The molecule has 0 saturated carbocycles. The molecule has 6 nitrogen and oxygen atoms in total. The Morgan fingerprint density at radius 3 is 2.75 bits per heavy atom. The van der Waals surface area contributed by atoms with Crippen LogP contribution in [0, 0.1) is 0 Å². The molecule has 0 amide bonds. The van der Waals surface area contributed by atoms with E-state index in [1.165, 1.54) is 31.5 Å². The molecule has 1 fully saturated rings. The topological polar surface area (TPSA) is 66.8 Å². The minimum Gasteiger partial charge on any atom is -0.316 e. The maximum Gasteiger partial charge on any atom is 0.189 e. The highest BCUT2D eigenvalue weighted by Gasteiger charge is 2.12. The van der Waals surface area contributed by atoms with Crippen molar-refractivity contribution in [3.05, 3.63) is 60.6 Å². The molecule has 1 saturated heterocycles. The van der Waals surface area contributed by atoms with Gasteiger partial charge >= 0.3 is 0 Å². The Kier molecular flexibility index (Phi) is 4.68. The van der Waals surface area contributed by atoms with Gasteiger partial charge < -0.3 is 5.32 Å². The van der Waals surface area contributed by atoms with Crippen LogP contribution in [0.25, 0.3) is 21.3 Å². The van der Waals surface area contributed by atoms with E-state index >= 15 is 0 Å². The van der Waals surface area contributed by atoms with Crippen molar-refractivity contribution in [3.63, 3.8) is 0 Å². The van der Waals surface area contributed by atoms with E-state index in [2.05, 4.69) is 49.7 Å². The summed E-state index contributed by atoms with van der Waals surface area (Å²) in [4.78, 5) is 11.7. The van der Waals surface area contributed by atoms with Gasteiger partial charge in [-0.15, -0.1) is 0 Å². The van der Waals surface area contributed by atoms with Crippen molar-refractivity contribution in [1.29, 1.82) is 0 Å². The third kappa shape index (κ3) is 3.72. The van der Waals surface area contributed by atoms with Gasteiger partial charge in [0.1, 0.15) is 5.82 Å². The lowest BCUT2D eigenvalue weighted by molar-refractivity contribution is 0.331. The van der Waals surface area contributed by atoms with Crippen LogP contribution in [0.15, 0.2) is 55.0 Å². The monoisotopic (exact) mass is 388 g/mol. The Morgan fingerprint density at radius 2 is 1.89 bits per heavy atom. The van der Waals surface area contributed by atoms with Crippen LogP contribution < -0.4 is 5.32 Å². The fraction of sp³-hybridized carbons (Fsp3) is 0.238. The Balaban J connectivity index is 1.36. The zero-order valence-corrected chi connectivity index (χ0v) is 16.2. The summed E-state index contributed by atoms with van der Waals surface area (Å²) in [6.07, 6.45) is 7.96. The van der Waals surface area contributed by atoms with Crippen LogP contribution in [0.1, 0.15) is 18.4 Å². The number of pyridine rings is 1. The summed E-state index contributed by atoms with van der Waals surface area (Å²) in [5.41, 5.74) is 4.43. The third-order valence-corrected chi connectivity index (χ3v) is 5.90. The van der Waals surface area contributed by atoms with Gasteiger partial charge in [-0.25, -0.2) is 9.97 Å². The maximum atomic E-state index is 4.70. The van der Waals surface area contributed by atoms with Gasteiger partial charge in [0.15, 0.2) is 5.13 Å². The summed E-state index contributed by atoms with van der Waals surface area (Å²) in [5.74, 6) is 0.842. The first-order valence-electron chi connectivity index (χ1n) is 9.45. The molecular weight excluding hydrogens is 368 g/mol. The van der Waals surface area contributed by atoms with Gasteiger partial charge in [-0.3, -0.25) is 4.90 Å². The lowest BCUT2D eigenvalue weighted by Gasteiger charge is -2.14. The number of hydrogen-bond acceptors (Lipinski definition) is 7. The fourth-order valence-corrected chi connectivity index (χ4v) is 4.48. The largest absolute Gasteiger partial charge is 0.316 e. The van der Waals surface area contributed by atoms with Gasteiger partial charge in [0.2, 0.25) is 0 Å². The molecule has 4 aromatic rings. The van der Waals surface area contributed by atoms with E-state index < -0.39 is 0 Å². The molecule has 3 aromatic heterocycles. The fourth-order valence-electron chi connectivity index (χ4n) is 3.57. The third-order valence-electron chi connectivity index (χ3n) is 4.97. The van der Waals surface area contributed by atoms with Crippen molar-refractivity contribution >= 4 is 32.5 Å². The van der Waals surface area contributed by atoms with E-state index in [-0.39, 0.29) is 0 Å². The zero-order valence-electron chi connectivity index (χ0n) is 15.4. The highest BCUT2D eigenvalue weighted by atomic mass is 32.1. The number of benzene rings is 1. The van der Waals surface area contributed by atoms with E-state index in [1.807, 2.05) is 18.3 Å². The minimum absolute atomic E-state index is 0.842. The lowest BCUT2D eigenvalue weighted by Crippen LogP contribution is -2.18. The molecule has 0 bridgehead atoms. The van der Waals surface area contributed by atoms with Gasteiger partial charge in [0, 0.05) is 18.3 Å². The SMILES string of the molecule is c1cc(-c2ccc3nc(Nc4cc(CN5CCCC5)ccn4)sc3c2)cnn1. The summed E-state index contributed by atoms with van der Waals surface area (Å²) in [6.45, 7) is 3.37. The van der Waals surface area contributed by atoms with Crippen LogP contribution in [0.4, 0.5) is 10.9 Å². The lowest BCUT2D eigenvalue weighted by atomic mass is 10.1. The highest BCUT2D eigenvalue weighted by Crippen LogP contribution is 2.31. The van der Waals surface area contributed by atoms with E-state index in [9.17, 15) is 0 Å². The second-order valence-corrected chi connectivity index (χ2v) is 8.02. The predicted molar refractivity (Wildman–Crippen MR) is 113 cm³/mol. The molecule has 1 aliphatic rings. The normalized spacial score (nSPS) is 14.6. The summed E-state index contributed by atoms with van der Waals surface area (Å²) in [7, 11) is 0. The Morgan fingerprint density at radius 1 is 0.964 bits per heavy atom. The first-order valence-corrected chi connectivity index (χ1v) is 10.3. The van der Waals surface area contributed by atoms with Crippen LogP contribution in [-0.4, -0.2) is 38.2 Å². The predicted octanol–water partition coefficient (Wildman–Crippen LogP) is 4.49. The molecule has 4 heterocycles. The summed E-state index contributed by atoms with van der Waals surface area (Å²) < 4.78 is 1.13. The molecule has 0 aliphatic carbocycles. The minimum atomic E-state index is 0.842. The summed E-state index contributed by atoms with van der Waals surface area (Å²) in [6, 6.07) is 12.4. The average Bonchev–Trinajstić information content (AvgIpc) is 3.37. The van der Waals surface area contributed by atoms with Crippen molar-refractivity contribution in [2.75, 3.05) is 18.4 Å². The maximum absolute atomic E-state index is 4.70. The standard InChI is InChI=1S/C21H20N6S/c1-2-10-27(9-1)14-15-5-7-22-20(11-15)26-21-25-18-4-3-16(12-19(18)28-21)17-6-8-23-24-13-17/h3-8,11-13H,1-2,9-10,14H2,(H,22,25,26). The first-order chi connectivity index (χ1) is 13.8. The Bertz CT molecular complexity index is 1090. The number of likely N-dealkylation sites (tertiary alicyclic amines) is 1. The molecule has 0 spiro atoms. The molecule has 1 aromatic carbocycles. The van der Waals surface area contributed by atoms with Crippen molar-refractivity contribution < 1.29 is 0 Å². The van der Waals surface area contributed by atoms with Crippen LogP contribution >= 0.6 is 11.3 Å². The van der Waals surface area contributed by atoms with Gasteiger partial charge in [-0.05, 0) is 67.4 Å². The zero-order chi connectivity index (χ0) is 18.8. The number of fused-ring (bicyclic) bond motifs is 1. The summed E-state index contributed by atoms with van der Waals surface area (Å²) in [5, 5.41) is 12.0. The van der Waals surface area contributed by atoms with Gasteiger partial charge in [-0.2, -0.15) is 10.2 Å². The van der Waals surface area contributed by atoms with Crippen molar-refractivity contribution in [2.24, 2.45) is 0 Å². The number of rotatable bonds is 5. The molecule has 7 heteroatoms. The smallest absolute Gasteiger partial charge is 0.189 e. The number of nitrogens with zero attached hydrogens (tertiary/aromatic N) is 5. The Labute approximate surface area is 167 Å². The van der Waals surface area contributed by atoms with E-state index in [1.54, 1.807) is 23.7 Å². The van der Waals surface area contributed by atoms with Crippen molar-refractivity contribution in [1.82, 2.24) is 25.1 Å². The number of hydrogen-bond donors (Lipinski definition) is 1. The highest BCUT2D eigenvalue weighted by molar-refractivity contribution is 7.22. The molecule has 28 heavy (non-hydrogen) atoms. The van der Waals surface area contributed by atoms with Gasteiger partial charge in [0.05, 0.1) is 22.6 Å². The molecule has 1 aliphatic heterocycles. The van der Waals surface area contributed by atoms with Crippen LogP contribution in [0.3, 0.4) is 0 Å².